The maximum absolute atomic E-state index is 12.8. The van der Waals surface area contributed by atoms with Crippen LogP contribution in [0.15, 0.2) is 52.3 Å². The fourth-order valence-corrected chi connectivity index (χ4v) is 5.20. The van der Waals surface area contributed by atoms with E-state index in [4.69, 9.17) is 23.2 Å². The SMILES string of the molecule is O=S(=O)(c1ccc(Cl)cc1)N1CCSc2cc(Cl)ccc21. The van der Waals surface area contributed by atoms with Crippen molar-refractivity contribution >= 4 is 50.7 Å². The molecular formula is C14H11Cl2NO2S2. The first kappa shape index (κ1) is 15.0. The minimum Gasteiger partial charge on any atom is -0.264 e. The fraction of sp³-hybridized carbons (Fsp3) is 0.143. The summed E-state index contributed by atoms with van der Waals surface area (Å²) >= 11 is 13.4. The first-order valence-electron chi connectivity index (χ1n) is 6.19. The second-order valence-corrected chi connectivity index (χ2v) is 8.36. The van der Waals surface area contributed by atoms with Crippen molar-refractivity contribution in [3.8, 4) is 0 Å². The normalized spacial score (nSPS) is 14.9. The Morgan fingerprint density at radius 1 is 1.00 bits per heavy atom. The molecule has 3 rings (SSSR count). The van der Waals surface area contributed by atoms with E-state index in [9.17, 15) is 8.42 Å². The predicted molar refractivity (Wildman–Crippen MR) is 88.2 cm³/mol. The number of rotatable bonds is 2. The lowest BCUT2D eigenvalue weighted by Crippen LogP contribution is -2.35. The number of anilines is 1. The van der Waals surface area contributed by atoms with E-state index in [0.29, 0.717) is 28.0 Å². The van der Waals surface area contributed by atoms with Gasteiger partial charge in [-0.1, -0.05) is 23.2 Å². The number of thioether (sulfide) groups is 1. The Morgan fingerprint density at radius 2 is 1.67 bits per heavy atom. The third-order valence-corrected chi connectivity index (χ3v) is 6.48. The van der Waals surface area contributed by atoms with E-state index in [1.54, 1.807) is 42.1 Å². The van der Waals surface area contributed by atoms with Crippen LogP contribution in [0.4, 0.5) is 5.69 Å². The predicted octanol–water partition coefficient (Wildman–Crippen LogP) is 4.29. The van der Waals surface area contributed by atoms with Crippen molar-refractivity contribution < 1.29 is 8.42 Å². The molecule has 0 aliphatic carbocycles. The molecule has 110 valence electrons. The van der Waals surface area contributed by atoms with Gasteiger partial charge >= 0.3 is 0 Å². The van der Waals surface area contributed by atoms with Crippen molar-refractivity contribution in [2.45, 2.75) is 9.79 Å². The summed E-state index contributed by atoms with van der Waals surface area (Å²) in [4.78, 5) is 1.12. The van der Waals surface area contributed by atoms with Crippen LogP contribution in [0, 0.1) is 0 Å². The number of hydrogen-bond acceptors (Lipinski definition) is 3. The van der Waals surface area contributed by atoms with Gasteiger partial charge in [-0.25, -0.2) is 8.42 Å². The average molecular weight is 360 g/mol. The van der Waals surface area contributed by atoms with Crippen LogP contribution in [0.25, 0.3) is 0 Å². The van der Waals surface area contributed by atoms with Gasteiger partial charge in [0, 0.05) is 27.2 Å². The van der Waals surface area contributed by atoms with Crippen LogP contribution in [0.3, 0.4) is 0 Å². The minimum absolute atomic E-state index is 0.236. The van der Waals surface area contributed by atoms with Crippen molar-refractivity contribution in [1.82, 2.24) is 0 Å². The highest BCUT2D eigenvalue weighted by atomic mass is 35.5. The van der Waals surface area contributed by atoms with Gasteiger partial charge in [0.15, 0.2) is 0 Å². The zero-order valence-corrected chi connectivity index (χ0v) is 13.9. The molecule has 0 N–H and O–H groups in total. The first-order valence-corrected chi connectivity index (χ1v) is 9.37. The van der Waals surface area contributed by atoms with Gasteiger partial charge in [-0.15, -0.1) is 11.8 Å². The second-order valence-electron chi connectivity index (χ2n) is 4.49. The van der Waals surface area contributed by atoms with Crippen LogP contribution < -0.4 is 4.31 Å². The number of fused-ring (bicyclic) bond motifs is 1. The van der Waals surface area contributed by atoms with Gasteiger partial charge in [-0.2, -0.15) is 0 Å². The third-order valence-electron chi connectivity index (χ3n) is 3.14. The quantitative estimate of drug-likeness (QED) is 0.802. The minimum atomic E-state index is -3.59. The van der Waals surface area contributed by atoms with Crippen LogP contribution in [-0.4, -0.2) is 20.7 Å². The summed E-state index contributed by atoms with van der Waals surface area (Å²) in [5.74, 6) is 0.695. The van der Waals surface area contributed by atoms with Gasteiger partial charge in [0.05, 0.1) is 10.6 Å². The smallest absolute Gasteiger partial charge is 0.264 e. The number of nitrogens with zero attached hydrogens (tertiary/aromatic N) is 1. The molecule has 3 nitrogen and oxygen atoms in total. The van der Waals surface area contributed by atoms with Gasteiger partial charge in [0.2, 0.25) is 0 Å². The molecule has 2 aromatic rings. The van der Waals surface area contributed by atoms with E-state index >= 15 is 0 Å². The molecule has 0 bridgehead atoms. The van der Waals surface area contributed by atoms with Crippen molar-refractivity contribution in [2.75, 3.05) is 16.6 Å². The Labute approximate surface area is 137 Å². The molecule has 2 aromatic carbocycles. The van der Waals surface area contributed by atoms with Crippen molar-refractivity contribution in [1.29, 1.82) is 0 Å². The monoisotopic (exact) mass is 359 g/mol. The largest absolute Gasteiger partial charge is 0.264 e. The highest BCUT2D eigenvalue weighted by Gasteiger charge is 2.29. The fourth-order valence-electron chi connectivity index (χ4n) is 2.15. The van der Waals surface area contributed by atoms with Gasteiger partial charge in [-0.3, -0.25) is 4.31 Å². The summed E-state index contributed by atoms with van der Waals surface area (Å²) in [5, 5.41) is 1.11. The molecule has 1 heterocycles. The third kappa shape index (κ3) is 2.88. The summed E-state index contributed by atoms with van der Waals surface area (Å²) in [6.45, 7) is 0.435. The summed E-state index contributed by atoms with van der Waals surface area (Å²) in [5.41, 5.74) is 0.672. The zero-order valence-electron chi connectivity index (χ0n) is 10.8. The summed E-state index contributed by atoms with van der Waals surface area (Å²) in [6, 6.07) is 11.5. The lowest BCUT2D eigenvalue weighted by atomic mass is 10.3. The first-order chi connectivity index (χ1) is 9.98. The molecule has 0 radical (unpaired) electrons. The maximum Gasteiger partial charge on any atom is 0.264 e. The van der Waals surface area contributed by atoms with Crippen LogP contribution >= 0.6 is 35.0 Å². The van der Waals surface area contributed by atoms with E-state index in [1.807, 2.05) is 0 Å². The van der Waals surface area contributed by atoms with E-state index in [1.165, 1.54) is 16.4 Å². The number of sulfonamides is 1. The Morgan fingerprint density at radius 3 is 2.38 bits per heavy atom. The highest BCUT2D eigenvalue weighted by Crippen LogP contribution is 2.39. The van der Waals surface area contributed by atoms with Crippen LogP contribution in [-0.2, 0) is 10.0 Å². The Hall–Kier alpha value is -0.880. The molecule has 0 saturated carbocycles. The van der Waals surface area contributed by atoms with Crippen molar-refractivity contribution in [3.05, 3.63) is 52.5 Å². The lowest BCUT2D eigenvalue weighted by Gasteiger charge is -2.30. The summed E-state index contributed by atoms with van der Waals surface area (Å²) in [7, 11) is -3.59. The van der Waals surface area contributed by atoms with E-state index in [2.05, 4.69) is 0 Å². The maximum atomic E-state index is 12.8. The average Bonchev–Trinajstić information content (AvgIpc) is 2.46. The second kappa shape index (κ2) is 5.72. The zero-order chi connectivity index (χ0) is 15.0. The van der Waals surface area contributed by atoms with Gasteiger partial charge in [0.1, 0.15) is 0 Å². The summed E-state index contributed by atoms with van der Waals surface area (Å²) in [6.07, 6.45) is 0. The molecule has 7 heteroatoms. The summed E-state index contributed by atoms with van der Waals surface area (Å²) < 4.78 is 27.0. The van der Waals surface area contributed by atoms with Gasteiger partial charge < -0.3 is 0 Å². The highest BCUT2D eigenvalue weighted by molar-refractivity contribution is 8.00. The Bertz CT molecular complexity index is 776. The van der Waals surface area contributed by atoms with Crippen LogP contribution in [0.5, 0.6) is 0 Å². The van der Waals surface area contributed by atoms with Crippen molar-refractivity contribution in [2.24, 2.45) is 0 Å². The number of hydrogen-bond donors (Lipinski definition) is 0. The molecule has 0 spiro atoms. The van der Waals surface area contributed by atoms with Gasteiger partial charge in [-0.05, 0) is 42.5 Å². The number of halogens is 2. The molecule has 1 aliphatic heterocycles. The molecular weight excluding hydrogens is 349 g/mol. The Balaban J connectivity index is 2.07. The molecule has 0 amide bonds. The molecule has 0 fully saturated rings. The standard InChI is InChI=1S/C14H11Cl2NO2S2/c15-10-1-4-12(5-2-10)21(18,19)17-7-8-20-14-9-11(16)3-6-13(14)17/h1-6,9H,7-8H2. The molecule has 0 aromatic heterocycles. The molecule has 0 atom stereocenters. The van der Waals surface area contributed by atoms with E-state index in [0.717, 1.165) is 4.90 Å². The van der Waals surface area contributed by atoms with E-state index < -0.39 is 10.0 Å². The molecule has 1 aliphatic rings. The Kier molecular flexibility index (Phi) is 4.10. The lowest BCUT2D eigenvalue weighted by molar-refractivity contribution is 0.591. The molecule has 0 unspecified atom stereocenters. The van der Waals surface area contributed by atoms with Crippen molar-refractivity contribution in [3.63, 3.8) is 0 Å². The topological polar surface area (TPSA) is 37.4 Å². The van der Waals surface area contributed by atoms with Crippen LogP contribution in [0.1, 0.15) is 0 Å². The molecule has 21 heavy (non-hydrogen) atoms. The number of benzene rings is 2. The van der Waals surface area contributed by atoms with Crippen LogP contribution in [0.2, 0.25) is 10.0 Å². The van der Waals surface area contributed by atoms with Gasteiger partial charge in [0.25, 0.3) is 10.0 Å². The van der Waals surface area contributed by atoms with E-state index in [-0.39, 0.29) is 4.90 Å². The molecule has 0 saturated heterocycles.